The third-order valence-corrected chi connectivity index (χ3v) is 4.77. The summed E-state index contributed by atoms with van der Waals surface area (Å²) in [5.74, 6) is 0.557. The lowest BCUT2D eigenvalue weighted by atomic mass is 9.84. The quantitative estimate of drug-likeness (QED) is 0.325. The Morgan fingerprint density at radius 1 is 1.46 bits per heavy atom. The van der Waals surface area contributed by atoms with E-state index in [1.54, 1.807) is 0 Å². The molecule has 0 aliphatic carbocycles. The second-order valence-electron chi connectivity index (χ2n) is 6.09. The fourth-order valence-electron chi connectivity index (χ4n) is 3.25. The van der Waals surface area contributed by atoms with Gasteiger partial charge in [-0.3, -0.25) is 15.5 Å². The standard InChI is InChI=1S/C15H19N5O3S/c21-14-2-1-12(20(22)23)7-11(14)8-16-18-15(24)17-13-9-19-5-3-10(13)4-6-19/h1-2,7-8,10,13,21H,3-6,9H2,(H2,17,18,24)/b16-8-. The molecule has 2 bridgehead atoms. The minimum absolute atomic E-state index is 0.0811. The zero-order chi connectivity index (χ0) is 17.1. The van der Waals surface area contributed by atoms with Gasteiger partial charge in [0.05, 0.1) is 11.1 Å². The lowest BCUT2D eigenvalue weighted by molar-refractivity contribution is -0.384. The molecule has 3 N–H and O–H groups in total. The lowest BCUT2D eigenvalue weighted by Gasteiger charge is -2.45. The van der Waals surface area contributed by atoms with E-state index >= 15 is 0 Å². The van der Waals surface area contributed by atoms with Gasteiger partial charge in [-0.1, -0.05) is 0 Å². The number of nitro groups is 1. The Morgan fingerprint density at radius 3 is 2.83 bits per heavy atom. The van der Waals surface area contributed by atoms with Crippen LogP contribution >= 0.6 is 12.2 Å². The predicted molar refractivity (Wildman–Crippen MR) is 94.2 cm³/mol. The lowest BCUT2D eigenvalue weighted by Crippen LogP contribution is -2.58. The van der Waals surface area contributed by atoms with E-state index in [1.165, 1.54) is 37.3 Å². The smallest absolute Gasteiger partial charge is 0.270 e. The maximum Gasteiger partial charge on any atom is 0.270 e. The minimum atomic E-state index is -0.524. The van der Waals surface area contributed by atoms with E-state index in [1.807, 2.05) is 0 Å². The molecular formula is C15H19N5O3S. The van der Waals surface area contributed by atoms with Crippen molar-refractivity contribution in [1.82, 2.24) is 15.6 Å². The summed E-state index contributed by atoms with van der Waals surface area (Å²) < 4.78 is 0. The van der Waals surface area contributed by atoms with Gasteiger partial charge in [0, 0.05) is 30.3 Å². The number of thiocarbonyl (C=S) groups is 1. The average Bonchev–Trinajstić information content (AvgIpc) is 2.57. The number of piperidine rings is 3. The van der Waals surface area contributed by atoms with Crippen LogP contribution in [-0.4, -0.2) is 51.9 Å². The van der Waals surface area contributed by atoms with Crippen molar-refractivity contribution >= 4 is 29.2 Å². The number of nitrogens with zero attached hydrogens (tertiary/aromatic N) is 3. The first-order valence-electron chi connectivity index (χ1n) is 7.82. The van der Waals surface area contributed by atoms with Crippen LogP contribution in [0, 0.1) is 16.0 Å². The summed E-state index contributed by atoms with van der Waals surface area (Å²) in [4.78, 5) is 12.7. The summed E-state index contributed by atoms with van der Waals surface area (Å²) in [5, 5.41) is 28.1. The number of nitrogens with one attached hydrogen (secondary N) is 2. The average molecular weight is 349 g/mol. The second-order valence-corrected chi connectivity index (χ2v) is 6.50. The van der Waals surface area contributed by atoms with Crippen molar-refractivity contribution in [2.45, 2.75) is 18.9 Å². The van der Waals surface area contributed by atoms with Gasteiger partial charge in [0.25, 0.3) is 5.69 Å². The van der Waals surface area contributed by atoms with E-state index in [-0.39, 0.29) is 17.0 Å². The number of hydrogen-bond acceptors (Lipinski definition) is 6. The largest absolute Gasteiger partial charge is 0.507 e. The summed E-state index contributed by atoms with van der Waals surface area (Å²) in [5.41, 5.74) is 2.85. The molecule has 4 rings (SSSR count). The summed E-state index contributed by atoms with van der Waals surface area (Å²) >= 11 is 5.24. The van der Waals surface area contributed by atoms with Crippen LogP contribution in [-0.2, 0) is 0 Å². The molecule has 3 heterocycles. The maximum absolute atomic E-state index is 10.8. The molecule has 1 aromatic carbocycles. The molecule has 0 spiro atoms. The third kappa shape index (κ3) is 3.80. The van der Waals surface area contributed by atoms with Crippen molar-refractivity contribution < 1.29 is 10.0 Å². The van der Waals surface area contributed by atoms with Crippen molar-refractivity contribution in [2.24, 2.45) is 11.0 Å². The normalized spacial score (nSPS) is 25.6. The maximum atomic E-state index is 10.8. The Kier molecular flexibility index (Phi) is 4.91. The number of non-ortho nitro benzene ring substituents is 1. The molecule has 8 nitrogen and oxygen atoms in total. The summed E-state index contributed by atoms with van der Waals surface area (Å²) in [6, 6.07) is 4.09. The van der Waals surface area contributed by atoms with Crippen LogP contribution in [0.1, 0.15) is 18.4 Å². The monoisotopic (exact) mass is 349 g/mol. The molecule has 3 fully saturated rings. The molecule has 24 heavy (non-hydrogen) atoms. The van der Waals surface area contributed by atoms with Crippen molar-refractivity contribution in [3.63, 3.8) is 0 Å². The van der Waals surface area contributed by atoms with E-state index in [0.717, 1.165) is 19.6 Å². The van der Waals surface area contributed by atoms with E-state index < -0.39 is 4.92 Å². The molecule has 3 aliphatic rings. The minimum Gasteiger partial charge on any atom is -0.507 e. The summed E-state index contributed by atoms with van der Waals surface area (Å²) in [6.07, 6.45) is 3.68. The van der Waals surface area contributed by atoms with E-state index in [2.05, 4.69) is 20.7 Å². The number of phenolic OH excluding ortho intramolecular Hbond substituents is 1. The zero-order valence-corrected chi connectivity index (χ0v) is 13.8. The molecule has 1 atom stereocenters. The highest BCUT2D eigenvalue weighted by molar-refractivity contribution is 7.80. The van der Waals surface area contributed by atoms with Crippen LogP contribution in [0.5, 0.6) is 5.75 Å². The first kappa shape index (κ1) is 16.6. The first-order chi connectivity index (χ1) is 11.5. The Hall–Kier alpha value is -2.26. The highest BCUT2D eigenvalue weighted by Gasteiger charge is 2.34. The second kappa shape index (κ2) is 7.10. The van der Waals surface area contributed by atoms with Gasteiger partial charge in [-0.15, -0.1) is 0 Å². The molecule has 0 aromatic heterocycles. The Bertz CT molecular complexity index is 673. The molecule has 3 saturated heterocycles. The van der Waals surface area contributed by atoms with Crippen LogP contribution in [0.15, 0.2) is 23.3 Å². The van der Waals surface area contributed by atoms with Crippen molar-refractivity contribution in [2.75, 3.05) is 19.6 Å². The van der Waals surface area contributed by atoms with E-state index in [9.17, 15) is 15.2 Å². The summed E-state index contributed by atoms with van der Waals surface area (Å²) in [7, 11) is 0. The number of fused-ring (bicyclic) bond motifs is 3. The fourth-order valence-corrected chi connectivity index (χ4v) is 3.45. The number of phenols is 1. The third-order valence-electron chi connectivity index (χ3n) is 4.56. The van der Waals surface area contributed by atoms with Crippen LogP contribution in [0.25, 0.3) is 0 Å². The molecule has 0 saturated carbocycles. The Morgan fingerprint density at radius 2 is 2.21 bits per heavy atom. The van der Waals surface area contributed by atoms with E-state index in [4.69, 9.17) is 12.2 Å². The number of aromatic hydroxyl groups is 1. The van der Waals surface area contributed by atoms with Gasteiger partial charge in [-0.25, -0.2) is 0 Å². The number of rotatable bonds is 4. The first-order valence-corrected chi connectivity index (χ1v) is 8.23. The molecule has 1 unspecified atom stereocenters. The van der Waals surface area contributed by atoms with Gasteiger partial charge in [-0.2, -0.15) is 5.10 Å². The molecule has 0 amide bonds. The Labute approximate surface area is 144 Å². The van der Waals surface area contributed by atoms with Gasteiger partial charge < -0.3 is 15.3 Å². The summed E-state index contributed by atoms with van der Waals surface area (Å²) in [6.45, 7) is 3.31. The van der Waals surface area contributed by atoms with Gasteiger partial charge >= 0.3 is 0 Å². The number of benzene rings is 1. The van der Waals surface area contributed by atoms with Gasteiger partial charge in [-0.05, 0) is 50.1 Å². The molecule has 0 radical (unpaired) electrons. The number of hydrazone groups is 1. The molecular weight excluding hydrogens is 330 g/mol. The molecule has 3 aliphatic heterocycles. The predicted octanol–water partition coefficient (Wildman–Crippen LogP) is 1.19. The number of hydrogen-bond donors (Lipinski definition) is 3. The van der Waals surface area contributed by atoms with Crippen LogP contribution in [0.3, 0.4) is 0 Å². The van der Waals surface area contributed by atoms with Crippen molar-refractivity contribution in [3.05, 3.63) is 33.9 Å². The van der Waals surface area contributed by atoms with Gasteiger partial charge in [0.15, 0.2) is 5.11 Å². The van der Waals surface area contributed by atoms with Crippen molar-refractivity contribution in [3.8, 4) is 5.75 Å². The van der Waals surface area contributed by atoms with Gasteiger partial charge in [0.2, 0.25) is 0 Å². The zero-order valence-electron chi connectivity index (χ0n) is 13.0. The van der Waals surface area contributed by atoms with Crippen LogP contribution in [0.2, 0.25) is 0 Å². The fraction of sp³-hybridized carbons (Fsp3) is 0.467. The highest BCUT2D eigenvalue weighted by atomic mass is 32.1. The Balaban J connectivity index is 1.55. The van der Waals surface area contributed by atoms with E-state index in [0.29, 0.717) is 17.1 Å². The van der Waals surface area contributed by atoms with Gasteiger partial charge in [0.1, 0.15) is 5.75 Å². The molecule has 1 aromatic rings. The highest BCUT2D eigenvalue weighted by Crippen LogP contribution is 2.27. The number of nitro benzene ring substituents is 1. The van der Waals surface area contributed by atoms with Crippen LogP contribution in [0.4, 0.5) is 5.69 Å². The topological polar surface area (TPSA) is 103 Å². The van der Waals surface area contributed by atoms with Crippen molar-refractivity contribution in [1.29, 1.82) is 0 Å². The SMILES string of the molecule is O=[N+]([O-])c1ccc(O)c(/C=N\NC(=S)NC2CN3CCC2CC3)c1. The molecule has 128 valence electrons. The van der Waals surface area contributed by atoms with Crippen LogP contribution < -0.4 is 10.7 Å². The molecule has 9 heteroatoms.